The van der Waals surface area contributed by atoms with Gasteiger partial charge in [0, 0.05) is 6.54 Å². The normalized spacial score (nSPS) is 22.8. The average molecular weight is 242 g/mol. The minimum atomic E-state index is -0.622. The third-order valence-corrected chi connectivity index (χ3v) is 4.10. The first kappa shape index (κ1) is 14.9. The van der Waals surface area contributed by atoms with E-state index >= 15 is 0 Å². The Labute approximate surface area is 106 Å². The van der Waals surface area contributed by atoms with Gasteiger partial charge in [0.1, 0.15) is 0 Å². The van der Waals surface area contributed by atoms with Crippen molar-refractivity contribution in [3.05, 3.63) is 0 Å². The minimum Gasteiger partial charge on any atom is -0.389 e. The SMILES string of the molecule is CCC(O)(CN)CCCN1CCCCCCC1. The molecule has 1 heterocycles. The lowest BCUT2D eigenvalue weighted by Gasteiger charge is -2.28. The van der Waals surface area contributed by atoms with E-state index in [4.69, 9.17) is 5.73 Å². The van der Waals surface area contributed by atoms with Gasteiger partial charge in [-0.1, -0.05) is 26.2 Å². The Hall–Kier alpha value is -0.120. The molecule has 3 N–H and O–H groups in total. The summed E-state index contributed by atoms with van der Waals surface area (Å²) in [5, 5.41) is 10.1. The van der Waals surface area contributed by atoms with Crippen molar-refractivity contribution < 1.29 is 5.11 Å². The van der Waals surface area contributed by atoms with E-state index in [1.54, 1.807) is 0 Å². The smallest absolute Gasteiger partial charge is 0.0767 e. The molecule has 0 spiro atoms. The van der Waals surface area contributed by atoms with Gasteiger partial charge < -0.3 is 15.7 Å². The molecule has 0 radical (unpaired) electrons. The van der Waals surface area contributed by atoms with E-state index in [-0.39, 0.29) is 0 Å². The number of nitrogens with zero attached hydrogens (tertiary/aromatic N) is 1. The molecule has 1 aliphatic heterocycles. The van der Waals surface area contributed by atoms with Crippen molar-refractivity contribution in [3.63, 3.8) is 0 Å². The van der Waals surface area contributed by atoms with E-state index in [1.165, 1.54) is 45.2 Å². The largest absolute Gasteiger partial charge is 0.389 e. The first-order valence-corrected chi connectivity index (χ1v) is 7.35. The van der Waals surface area contributed by atoms with Crippen LogP contribution in [0.2, 0.25) is 0 Å². The van der Waals surface area contributed by atoms with Crippen LogP contribution >= 0.6 is 0 Å². The zero-order valence-electron chi connectivity index (χ0n) is 11.5. The van der Waals surface area contributed by atoms with E-state index in [1.807, 2.05) is 6.92 Å². The second-order valence-corrected chi connectivity index (χ2v) is 5.49. The van der Waals surface area contributed by atoms with Crippen molar-refractivity contribution in [2.24, 2.45) is 5.73 Å². The van der Waals surface area contributed by atoms with Crippen LogP contribution in [0.1, 0.15) is 58.3 Å². The van der Waals surface area contributed by atoms with Gasteiger partial charge in [-0.05, 0) is 51.7 Å². The summed E-state index contributed by atoms with van der Waals surface area (Å²) in [4.78, 5) is 2.56. The number of hydrogen-bond acceptors (Lipinski definition) is 3. The van der Waals surface area contributed by atoms with Gasteiger partial charge in [0.25, 0.3) is 0 Å². The Kier molecular flexibility index (Phi) is 7.09. The van der Waals surface area contributed by atoms with Crippen LogP contribution in [-0.2, 0) is 0 Å². The van der Waals surface area contributed by atoms with Gasteiger partial charge in [-0.3, -0.25) is 0 Å². The molecule has 1 fully saturated rings. The summed E-state index contributed by atoms with van der Waals surface area (Å²) in [6.45, 7) is 6.02. The second-order valence-electron chi connectivity index (χ2n) is 5.49. The molecule has 0 aromatic carbocycles. The molecule has 0 aromatic rings. The molecule has 1 aliphatic rings. The highest BCUT2D eigenvalue weighted by molar-refractivity contribution is 4.78. The Morgan fingerprint density at radius 2 is 1.71 bits per heavy atom. The number of nitrogens with two attached hydrogens (primary N) is 1. The standard InChI is InChI=1S/C14H30N2O/c1-2-14(17,13-15)9-8-12-16-10-6-4-3-5-7-11-16/h17H,2-13,15H2,1H3. The molecule has 0 aliphatic carbocycles. The van der Waals surface area contributed by atoms with Crippen LogP contribution in [0.4, 0.5) is 0 Å². The Bertz CT molecular complexity index is 185. The quantitative estimate of drug-likeness (QED) is 0.750. The van der Waals surface area contributed by atoms with Crippen molar-refractivity contribution in [1.29, 1.82) is 0 Å². The molecule has 1 rings (SSSR count). The van der Waals surface area contributed by atoms with Crippen molar-refractivity contribution in [3.8, 4) is 0 Å². The topological polar surface area (TPSA) is 49.5 Å². The van der Waals surface area contributed by atoms with Crippen LogP contribution in [-0.4, -0.2) is 41.8 Å². The maximum atomic E-state index is 10.1. The third kappa shape index (κ3) is 5.84. The molecule has 1 unspecified atom stereocenters. The van der Waals surface area contributed by atoms with E-state index in [2.05, 4.69) is 4.90 Å². The Morgan fingerprint density at radius 1 is 1.12 bits per heavy atom. The van der Waals surface area contributed by atoms with E-state index < -0.39 is 5.60 Å². The minimum absolute atomic E-state index is 0.392. The lowest BCUT2D eigenvalue weighted by molar-refractivity contribution is 0.0314. The molecule has 0 aromatic heterocycles. The predicted octanol–water partition coefficient (Wildman–Crippen LogP) is 2.13. The zero-order valence-corrected chi connectivity index (χ0v) is 11.5. The molecular weight excluding hydrogens is 212 g/mol. The van der Waals surface area contributed by atoms with E-state index in [0.29, 0.717) is 6.54 Å². The summed E-state index contributed by atoms with van der Waals surface area (Å²) >= 11 is 0. The summed E-state index contributed by atoms with van der Waals surface area (Å²) in [5.41, 5.74) is 5.00. The van der Waals surface area contributed by atoms with Crippen LogP contribution in [0.5, 0.6) is 0 Å². The van der Waals surface area contributed by atoms with Gasteiger partial charge in [-0.2, -0.15) is 0 Å². The van der Waals surface area contributed by atoms with Crippen LogP contribution in [0.15, 0.2) is 0 Å². The van der Waals surface area contributed by atoms with E-state index in [9.17, 15) is 5.11 Å². The maximum Gasteiger partial charge on any atom is 0.0767 e. The fraction of sp³-hybridized carbons (Fsp3) is 1.00. The second kappa shape index (κ2) is 8.06. The molecule has 17 heavy (non-hydrogen) atoms. The molecular formula is C14H30N2O. The average Bonchev–Trinajstić information content (AvgIpc) is 2.31. The predicted molar refractivity (Wildman–Crippen MR) is 73.1 cm³/mol. The van der Waals surface area contributed by atoms with Crippen molar-refractivity contribution in [2.75, 3.05) is 26.2 Å². The van der Waals surface area contributed by atoms with Gasteiger partial charge >= 0.3 is 0 Å². The maximum absolute atomic E-state index is 10.1. The molecule has 3 nitrogen and oxygen atoms in total. The van der Waals surface area contributed by atoms with Crippen LogP contribution in [0.25, 0.3) is 0 Å². The molecule has 102 valence electrons. The number of aliphatic hydroxyl groups is 1. The summed E-state index contributed by atoms with van der Waals surface area (Å²) in [7, 11) is 0. The fourth-order valence-electron chi connectivity index (χ4n) is 2.59. The lowest BCUT2D eigenvalue weighted by atomic mass is 9.94. The van der Waals surface area contributed by atoms with Crippen molar-refractivity contribution in [2.45, 2.75) is 63.9 Å². The van der Waals surface area contributed by atoms with Crippen molar-refractivity contribution >= 4 is 0 Å². The molecule has 3 heteroatoms. The van der Waals surface area contributed by atoms with Gasteiger partial charge in [0.15, 0.2) is 0 Å². The summed E-state index contributed by atoms with van der Waals surface area (Å²) < 4.78 is 0. The van der Waals surface area contributed by atoms with Crippen LogP contribution < -0.4 is 5.73 Å². The Balaban J connectivity index is 2.19. The summed E-state index contributed by atoms with van der Waals surface area (Å²) in [6.07, 6.45) is 9.55. The van der Waals surface area contributed by atoms with Crippen LogP contribution in [0.3, 0.4) is 0 Å². The first-order chi connectivity index (χ1) is 8.20. The summed E-state index contributed by atoms with van der Waals surface area (Å²) in [6, 6.07) is 0. The molecule has 1 saturated heterocycles. The summed E-state index contributed by atoms with van der Waals surface area (Å²) in [5.74, 6) is 0. The number of rotatable bonds is 6. The highest BCUT2D eigenvalue weighted by atomic mass is 16.3. The fourth-order valence-corrected chi connectivity index (χ4v) is 2.59. The zero-order chi connectivity index (χ0) is 12.6. The Morgan fingerprint density at radius 3 is 2.24 bits per heavy atom. The van der Waals surface area contributed by atoms with Crippen molar-refractivity contribution in [1.82, 2.24) is 4.90 Å². The lowest BCUT2D eigenvalue weighted by Crippen LogP contribution is -2.38. The monoisotopic (exact) mass is 242 g/mol. The number of likely N-dealkylation sites (tertiary alicyclic amines) is 1. The van der Waals surface area contributed by atoms with Gasteiger partial charge in [0.2, 0.25) is 0 Å². The number of hydrogen-bond donors (Lipinski definition) is 2. The third-order valence-electron chi connectivity index (χ3n) is 4.10. The van der Waals surface area contributed by atoms with E-state index in [0.717, 1.165) is 25.8 Å². The molecule has 1 atom stereocenters. The molecule has 0 bridgehead atoms. The van der Waals surface area contributed by atoms with Gasteiger partial charge in [0.05, 0.1) is 5.60 Å². The highest BCUT2D eigenvalue weighted by Crippen LogP contribution is 2.17. The van der Waals surface area contributed by atoms with Gasteiger partial charge in [-0.15, -0.1) is 0 Å². The first-order valence-electron chi connectivity index (χ1n) is 7.35. The highest BCUT2D eigenvalue weighted by Gasteiger charge is 2.22. The van der Waals surface area contributed by atoms with Gasteiger partial charge in [-0.25, -0.2) is 0 Å². The molecule has 0 saturated carbocycles. The molecule has 0 amide bonds. The van der Waals surface area contributed by atoms with Crippen LogP contribution in [0, 0.1) is 0 Å².